The summed E-state index contributed by atoms with van der Waals surface area (Å²) in [4.78, 5) is 12.6. The molecule has 0 fully saturated rings. The lowest BCUT2D eigenvalue weighted by molar-refractivity contribution is -0.122. The smallest absolute Gasteiger partial charge is 0.265 e. The van der Waals surface area contributed by atoms with Gasteiger partial charge in [-0.25, -0.2) is 8.42 Å². The molecule has 1 atom stereocenters. The number of hydrogen-bond donors (Lipinski definition) is 1. The van der Waals surface area contributed by atoms with E-state index in [1.54, 1.807) is 55.5 Å². The van der Waals surface area contributed by atoms with Crippen molar-refractivity contribution in [3.05, 3.63) is 83.3 Å². The predicted octanol–water partition coefficient (Wildman–Crippen LogP) is 4.68. The second kappa shape index (κ2) is 9.32. The third-order valence-electron chi connectivity index (χ3n) is 4.38. The Morgan fingerprint density at radius 3 is 2.33 bits per heavy atom. The number of carbonyl (C=O) groups excluding carboxylic acids is 1. The Morgan fingerprint density at radius 2 is 1.67 bits per heavy atom. The number of hydrogen-bond acceptors (Lipinski definition) is 4. The summed E-state index contributed by atoms with van der Waals surface area (Å²) in [6.45, 7) is 1.63. The molecule has 0 radical (unpaired) electrons. The van der Waals surface area contributed by atoms with Crippen LogP contribution in [0.3, 0.4) is 0 Å². The lowest BCUT2D eigenvalue weighted by Crippen LogP contribution is -2.30. The second-order valence-electron chi connectivity index (χ2n) is 6.54. The van der Waals surface area contributed by atoms with Crippen LogP contribution in [0.25, 0.3) is 0 Å². The molecule has 0 aromatic heterocycles. The molecule has 0 saturated carbocycles. The Bertz CT molecular complexity index is 1120. The molecule has 0 heterocycles. The number of rotatable bonds is 7. The Labute approximate surface area is 184 Å². The van der Waals surface area contributed by atoms with Crippen LogP contribution < -0.4 is 14.4 Å². The molecule has 0 aliphatic rings. The van der Waals surface area contributed by atoms with Gasteiger partial charge in [-0.3, -0.25) is 9.10 Å². The maximum Gasteiger partial charge on any atom is 0.265 e. The number of benzene rings is 3. The quantitative estimate of drug-likeness (QED) is 0.523. The monoisotopic (exact) mass is 488 g/mol. The van der Waals surface area contributed by atoms with Crippen LogP contribution >= 0.6 is 15.9 Å². The van der Waals surface area contributed by atoms with Crippen molar-refractivity contribution in [3.63, 3.8) is 0 Å². The van der Waals surface area contributed by atoms with Crippen molar-refractivity contribution in [1.82, 2.24) is 0 Å². The molecule has 3 aromatic rings. The van der Waals surface area contributed by atoms with Crippen molar-refractivity contribution in [2.75, 3.05) is 16.7 Å². The maximum atomic E-state index is 13.0. The van der Waals surface area contributed by atoms with E-state index in [1.165, 1.54) is 23.5 Å². The minimum absolute atomic E-state index is 0.0770. The van der Waals surface area contributed by atoms with Gasteiger partial charge in [-0.1, -0.05) is 40.2 Å². The summed E-state index contributed by atoms with van der Waals surface area (Å²) in [7, 11) is -2.29. The van der Waals surface area contributed by atoms with E-state index in [9.17, 15) is 13.2 Å². The highest BCUT2D eigenvalue weighted by Crippen LogP contribution is 2.24. The number of amides is 1. The number of halogens is 1. The zero-order valence-electron chi connectivity index (χ0n) is 16.4. The van der Waals surface area contributed by atoms with Gasteiger partial charge in [-0.15, -0.1) is 0 Å². The highest BCUT2D eigenvalue weighted by Gasteiger charge is 2.22. The normalized spacial score (nSPS) is 12.1. The Balaban J connectivity index is 1.73. The largest absolute Gasteiger partial charge is 0.481 e. The number of para-hydroxylation sites is 1. The SMILES string of the molecule is CC(Oc1ccc(Br)cc1)C(=O)Nc1cccc(S(=O)(=O)N(C)c2ccccc2)c1. The van der Waals surface area contributed by atoms with Gasteiger partial charge in [0.25, 0.3) is 15.9 Å². The fraction of sp³-hybridized carbons (Fsp3) is 0.136. The van der Waals surface area contributed by atoms with Crippen LogP contribution in [-0.4, -0.2) is 27.5 Å². The van der Waals surface area contributed by atoms with Crippen molar-refractivity contribution >= 4 is 43.2 Å². The van der Waals surface area contributed by atoms with Gasteiger partial charge >= 0.3 is 0 Å². The van der Waals surface area contributed by atoms with Gasteiger partial charge < -0.3 is 10.1 Å². The van der Waals surface area contributed by atoms with E-state index in [-0.39, 0.29) is 10.8 Å². The predicted molar refractivity (Wildman–Crippen MR) is 121 cm³/mol. The fourth-order valence-electron chi connectivity index (χ4n) is 2.68. The lowest BCUT2D eigenvalue weighted by atomic mass is 10.3. The van der Waals surface area contributed by atoms with E-state index >= 15 is 0 Å². The molecule has 1 N–H and O–H groups in total. The van der Waals surface area contributed by atoms with Gasteiger partial charge in [0.2, 0.25) is 0 Å². The average Bonchev–Trinajstić information content (AvgIpc) is 2.75. The summed E-state index contributed by atoms with van der Waals surface area (Å²) in [6.07, 6.45) is -0.765. The summed E-state index contributed by atoms with van der Waals surface area (Å²) in [5, 5.41) is 2.71. The molecular formula is C22H21BrN2O4S. The number of ether oxygens (including phenoxy) is 1. The van der Waals surface area contributed by atoms with Crippen LogP contribution in [0.1, 0.15) is 6.92 Å². The summed E-state index contributed by atoms with van der Waals surface area (Å²) in [6, 6.07) is 22.1. The molecular weight excluding hydrogens is 468 g/mol. The van der Waals surface area contributed by atoms with E-state index in [1.807, 2.05) is 18.2 Å². The number of sulfonamides is 1. The van der Waals surface area contributed by atoms with Crippen molar-refractivity contribution < 1.29 is 17.9 Å². The Morgan fingerprint density at radius 1 is 1.00 bits per heavy atom. The van der Waals surface area contributed by atoms with Crippen LogP contribution in [0.15, 0.2) is 88.2 Å². The highest BCUT2D eigenvalue weighted by molar-refractivity contribution is 9.10. The first-order valence-electron chi connectivity index (χ1n) is 9.14. The minimum Gasteiger partial charge on any atom is -0.481 e. The van der Waals surface area contributed by atoms with Crippen molar-refractivity contribution in [3.8, 4) is 5.75 Å². The summed E-state index contributed by atoms with van der Waals surface area (Å²) in [5.41, 5.74) is 0.914. The average molecular weight is 489 g/mol. The van der Waals surface area contributed by atoms with Crippen molar-refractivity contribution in [1.29, 1.82) is 0 Å². The molecule has 1 unspecified atom stereocenters. The highest BCUT2D eigenvalue weighted by atomic mass is 79.9. The molecule has 3 rings (SSSR count). The van der Waals surface area contributed by atoms with E-state index < -0.39 is 16.1 Å². The van der Waals surface area contributed by atoms with Crippen LogP contribution in [0.5, 0.6) is 5.75 Å². The summed E-state index contributed by atoms with van der Waals surface area (Å²) >= 11 is 3.35. The Hall–Kier alpha value is -2.84. The molecule has 0 spiro atoms. The molecule has 0 saturated heterocycles. The van der Waals surface area contributed by atoms with Crippen molar-refractivity contribution in [2.45, 2.75) is 17.9 Å². The van der Waals surface area contributed by atoms with Crippen LogP contribution in [0.2, 0.25) is 0 Å². The fourth-order valence-corrected chi connectivity index (χ4v) is 4.19. The standard InChI is InChI=1S/C22H21BrN2O4S/c1-16(29-20-13-11-17(23)12-14-20)22(26)24-18-7-6-10-21(15-18)30(27,28)25(2)19-8-4-3-5-9-19/h3-16H,1-2H3,(H,24,26). The molecule has 1 amide bonds. The summed E-state index contributed by atoms with van der Waals surface area (Å²) in [5.74, 6) is 0.172. The molecule has 6 nitrogen and oxygen atoms in total. The van der Waals surface area contributed by atoms with Crippen LogP contribution in [0, 0.1) is 0 Å². The van der Waals surface area contributed by atoms with Crippen LogP contribution in [0.4, 0.5) is 11.4 Å². The molecule has 8 heteroatoms. The second-order valence-corrected chi connectivity index (χ2v) is 9.42. The van der Waals surface area contributed by atoms with Gasteiger partial charge in [0, 0.05) is 17.2 Å². The van der Waals surface area contributed by atoms with Gasteiger partial charge in [-0.05, 0) is 61.5 Å². The third-order valence-corrected chi connectivity index (χ3v) is 6.69. The number of nitrogens with one attached hydrogen (secondary N) is 1. The van der Waals surface area contributed by atoms with E-state index in [2.05, 4.69) is 21.2 Å². The number of carbonyl (C=O) groups is 1. The first-order chi connectivity index (χ1) is 14.3. The van der Waals surface area contributed by atoms with Gasteiger partial charge in [0.1, 0.15) is 5.75 Å². The summed E-state index contributed by atoms with van der Waals surface area (Å²) < 4.78 is 33.7. The molecule has 30 heavy (non-hydrogen) atoms. The first kappa shape index (κ1) is 21.9. The van der Waals surface area contributed by atoms with E-state index in [0.717, 1.165) is 4.47 Å². The number of nitrogens with zero attached hydrogens (tertiary/aromatic N) is 1. The van der Waals surface area contributed by atoms with Crippen LogP contribution in [-0.2, 0) is 14.8 Å². The molecule has 0 bridgehead atoms. The Kier molecular flexibility index (Phi) is 6.79. The molecule has 3 aromatic carbocycles. The van der Waals surface area contributed by atoms with E-state index in [0.29, 0.717) is 17.1 Å². The van der Waals surface area contributed by atoms with E-state index in [4.69, 9.17) is 4.74 Å². The van der Waals surface area contributed by atoms with Gasteiger partial charge in [0.15, 0.2) is 6.10 Å². The topological polar surface area (TPSA) is 75.7 Å². The minimum atomic E-state index is -3.78. The molecule has 156 valence electrons. The maximum absolute atomic E-state index is 13.0. The zero-order chi connectivity index (χ0) is 21.7. The number of anilines is 2. The van der Waals surface area contributed by atoms with Gasteiger partial charge in [-0.2, -0.15) is 0 Å². The lowest BCUT2D eigenvalue weighted by Gasteiger charge is -2.20. The molecule has 0 aliphatic carbocycles. The van der Waals surface area contributed by atoms with Gasteiger partial charge in [0.05, 0.1) is 10.6 Å². The molecule has 0 aliphatic heterocycles. The zero-order valence-corrected chi connectivity index (χ0v) is 18.9. The third kappa shape index (κ3) is 5.20. The first-order valence-corrected chi connectivity index (χ1v) is 11.4. The van der Waals surface area contributed by atoms with Crippen molar-refractivity contribution in [2.24, 2.45) is 0 Å².